The third-order valence-electron chi connectivity index (χ3n) is 1.92. The lowest BCUT2D eigenvalue weighted by molar-refractivity contribution is -0.143. The number of rotatable bonds is 6. The monoisotopic (exact) mass is 302 g/mol. The van der Waals surface area contributed by atoms with Gasteiger partial charge in [-0.05, 0) is 47.2 Å². The SMILES string of the molecule is CCOC(=O)CCCSc1ccccc1Br. The summed E-state index contributed by atoms with van der Waals surface area (Å²) >= 11 is 5.24. The molecule has 0 radical (unpaired) electrons. The highest BCUT2D eigenvalue weighted by Crippen LogP contribution is 2.27. The van der Waals surface area contributed by atoms with Gasteiger partial charge in [0.1, 0.15) is 0 Å². The number of halogens is 1. The molecule has 0 aliphatic carbocycles. The second kappa shape index (κ2) is 7.74. The van der Waals surface area contributed by atoms with Crippen molar-refractivity contribution >= 4 is 33.7 Å². The van der Waals surface area contributed by atoms with Crippen LogP contribution in [0.15, 0.2) is 33.6 Å². The molecule has 0 saturated carbocycles. The van der Waals surface area contributed by atoms with Crippen molar-refractivity contribution in [3.05, 3.63) is 28.7 Å². The number of carbonyl (C=O) groups excluding carboxylic acids is 1. The van der Waals surface area contributed by atoms with Crippen LogP contribution in [-0.2, 0) is 9.53 Å². The first kappa shape index (κ1) is 13.6. The van der Waals surface area contributed by atoms with Crippen LogP contribution in [-0.4, -0.2) is 18.3 Å². The van der Waals surface area contributed by atoms with Gasteiger partial charge in [0.05, 0.1) is 6.61 Å². The van der Waals surface area contributed by atoms with E-state index < -0.39 is 0 Å². The van der Waals surface area contributed by atoms with E-state index in [0.717, 1.165) is 16.6 Å². The van der Waals surface area contributed by atoms with Crippen LogP contribution >= 0.6 is 27.7 Å². The zero-order chi connectivity index (χ0) is 11.8. The average Bonchev–Trinajstić information content (AvgIpc) is 2.27. The van der Waals surface area contributed by atoms with Gasteiger partial charge in [-0.1, -0.05) is 12.1 Å². The molecule has 0 amide bonds. The summed E-state index contributed by atoms with van der Waals surface area (Å²) in [6.45, 7) is 2.30. The lowest BCUT2D eigenvalue weighted by Crippen LogP contribution is -2.03. The standard InChI is InChI=1S/C12H15BrO2S/c1-2-15-12(14)8-5-9-16-11-7-4-3-6-10(11)13/h3-4,6-7H,2,5,8-9H2,1H3. The van der Waals surface area contributed by atoms with Crippen molar-refractivity contribution in [3.8, 4) is 0 Å². The Hall–Kier alpha value is -0.480. The van der Waals surface area contributed by atoms with Crippen molar-refractivity contribution in [1.29, 1.82) is 0 Å². The van der Waals surface area contributed by atoms with Crippen LogP contribution in [0.4, 0.5) is 0 Å². The molecule has 88 valence electrons. The first-order valence-electron chi connectivity index (χ1n) is 5.27. The minimum atomic E-state index is -0.102. The van der Waals surface area contributed by atoms with Crippen LogP contribution in [0, 0.1) is 0 Å². The quantitative estimate of drug-likeness (QED) is 0.453. The smallest absolute Gasteiger partial charge is 0.305 e. The van der Waals surface area contributed by atoms with Crippen molar-refractivity contribution in [1.82, 2.24) is 0 Å². The number of ether oxygens (including phenoxy) is 1. The normalized spacial score (nSPS) is 10.1. The Morgan fingerprint density at radius 3 is 2.88 bits per heavy atom. The molecule has 4 heteroatoms. The molecule has 0 bridgehead atoms. The van der Waals surface area contributed by atoms with Gasteiger partial charge >= 0.3 is 5.97 Å². The summed E-state index contributed by atoms with van der Waals surface area (Å²) in [4.78, 5) is 12.3. The molecule has 0 aliphatic heterocycles. The summed E-state index contributed by atoms with van der Waals surface area (Å²) in [6.07, 6.45) is 1.36. The molecule has 1 rings (SSSR count). The molecule has 0 unspecified atom stereocenters. The number of hydrogen-bond acceptors (Lipinski definition) is 3. The molecule has 0 fully saturated rings. The lowest BCUT2D eigenvalue weighted by Gasteiger charge is -2.04. The van der Waals surface area contributed by atoms with Crippen LogP contribution in [0.5, 0.6) is 0 Å². The first-order chi connectivity index (χ1) is 7.74. The molecule has 0 aliphatic rings. The summed E-state index contributed by atoms with van der Waals surface area (Å²) in [6, 6.07) is 8.10. The fourth-order valence-corrected chi connectivity index (χ4v) is 2.71. The van der Waals surface area contributed by atoms with Crippen molar-refractivity contribution in [2.45, 2.75) is 24.7 Å². The van der Waals surface area contributed by atoms with Gasteiger partial charge in [-0.2, -0.15) is 0 Å². The number of esters is 1. The van der Waals surface area contributed by atoms with Gasteiger partial charge in [-0.3, -0.25) is 4.79 Å². The molecule has 0 aromatic heterocycles. The molecule has 0 saturated heterocycles. The predicted octanol–water partition coefficient (Wildman–Crippen LogP) is 3.88. The summed E-state index contributed by atoms with van der Waals surface area (Å²) < 4.78 is 5.97. The maximum absolute atomic E-state index is 11.1. The summed E-state index contributed by atoms with van der Waals surface area (Å²) in [5, 5.41) is 0. The van der Waals surface area contributed by atoms with Gasteiger partial charge in [0.25, 0.3) is 0 Å². The highest BCUT2D eigenvalue weighted by molar-refractivity contribution is 9.10. The summed E-state index contributed by atoms with van der Waals surface area (Å²) in [5.41, 5.74) is 0. The largest absolute Gasteiger partial charge is 0.466 e. The minimum absolute atomic E-state index is 0.102. The maximum atomic E-state index is 11.1. The molecule has 16 heavy (non-hydrogen) atoms. The van der Waals surface area contributed by atoms with E-state index in [9.17, 15) is 4.79 Å². The Bertz CT molecular complexity index is 342. The molecule has 0 heterocycles. The van der Waals surface area contributed by atoms with Gasteiger partial charge in [-0.25, -0.2) is 0 Å². The molecule has 0 N–H and O–H groups in total. The minimum Gasteiger partial charge on any atom is -0.466 e. The third-order valence-corrected chi connectivity index (χ3v) is 4.04. The Morgan fingerprint density at radius 2 is 2.19 bits per heavy atom. The lowest BCUT2D eigenvalue weighted by atomic mass is 10.3. The molecule has 0 atom stereocenters. The van der Waals surface area contributed by atoms with Crippen molar-refractivity contribution in [3.63, 3.8) is 0 Å². The second-order valence-corrected chi connectivity index (χ2v) is 5.18. The Balaban J connectivity index is 2.21. The predicted molar refractivity (Wildman–Crippen MR) is 70.7 cm³/mol. The van der Waals surface area contributed by atoms with Crippen LogP contribution in [0.2, 0.25) is 0 Å². The van der Waals surface area contributed by atoms with Crippen LogP contribution in [0.1, 0.15) is 19.8 Å². The van der Waals surface area contributed by atoms with E-state index in [1.807, 2.05) is 25.1 Å². The van der Waals surface area contributed by atoms with E-state index in [4.69, 9.17) is 4.74 Å². The van der Waals surface area contributed by atoms with E-state index in [1.165, 1.54) is 4.90 Å². The van der Waals surface area contributed by atoms with Gasteiger partial charge in [0.2, 0.25) is 0 Å². The number of thioether (sulfide) groups is 1. The molecular formula is C12H15BrO2S. The second-order valence-electron chi connectivity index (χ2n) is 3.19. The molecule has 1 aromatic rings. The Morgan fingerprint density at radius 1 is 1.44 bits per heavy atom. The Kier molecular flexibility index (Phi) is 6.57. The van der Waals surface area contributed by atoms with Crippen molar-refractivity contribution < 1.29 is 9.53 Å². The van der Waals surface area contributed by atoms with Crippen molar-refractivity contribution in [2.24, 2.45) is 0 Å². The zero-order valence-electron chi connectivity index (χ0n) is 9.24. The van der Waals surface area contributed by atoms with Crippen LogP contribution in [0.25, 0.3) is 0 Å². The third kappa shape index (κ3) is 5.03. The molecular weight excluding hydrogens is 288 g/mol. The number of hydrogen-bond donors (Lipinski definition) is 0. The number of benzene rings is 1. The topological polar surface area (TPSA) is 26.3 Å². The molecule has 2 nitrogen and oxygen atoms in total. The van der Waals surface area contributed by atoms with Gasteiger partial charge in [0.15, 0.2) is 0 Å². The van der Waals surface area contributed by atoms with Gasteiger partial charge < -0.3 is 4.74 Å². The van der Waals surface area contributed by atoms with E-state index in [0.29, 0.717) is 13.0 Å². The maximum Gasteiger partial charge on any atom is 0.305 e. The Labute approximate surface area is 109 Å². The highest BCUT2D eigenvalue weighted by atomic mass is 79.9. The molecule has 1 aromatic carbocycles. The number of carbonyl (C=O) groups is 1. The highest BCUT2D eigenvalue weighted by Gasteiger charge is 2.02. The van der Waals surface area contributed by atoms with E-state index in [2.05, 4.69) is 22.0 Å². The molecule has 0 spiro atoms. The van der Waals surface area contributed by atoms with Crippen molar-refractivity contribution in [2.75, 3.05) is 12.4 Å². The fourth-order valence-electron chi connectivity index (χ4n) is 1.19. The van der Waals surface area contributed by atoms with Gasteiger partial charge in [0, 0.05) is 15.8 Å². The zero-order valence-corrected chi connectivity index (χ0v) is 11.6. The van der Waals surface area contributed by atoms with E-state index in [1.54, 1.807) is 11.8 Å². The fraction of sp³-hybridized carbons (Fsp3) is 0.417. The van der Waals surface area contributed by atoms with E-state index >= 15 is 0 Å². The average molecular weight is 303 g/mol. The van der Waals surface area contributed by atoms with Crippen LogP contribution < -0.4 is 0 Å². The first-order valence-corrected chi connectivity index (χ1v) is 7.05. The summed E-state index contributed by atoms with van der Waals surface area (Å²) in [5.74, 6) is 0.830. The van der Waals surface area contributed by atoms with E-state index in [-0.39, 0.29) is 5.97 Å². The van der Waals surface area contributed by atoms with Gasteiger partial charge in [-0.15, -0.1) is 11.8 Å². The van der Waals surface area contributed by atoms with Crippen LogP contribution in [0.3, 0.4) is 0 Å². The summed E-state index contributed by atoms with van der Waals surface area (Å²) in [7, 11) is 0.